The molecule has 2 heterocycles. The van der Waals surface area contributed by atoms with Gasteiger partial charge in [0, 0.05) is 24.2 Å². The zero-order chi connectivity index (χ0) is 16.4. The van der Waals surface area contributed by atoms with Gasteiger partial charge in [0.25, 0.3) is 5.92 Å². The fourth-order valence-corrected chi connectivity index (χ4v) is 2.12. The number of nitrogens with zero attached hydrogens (tertiary/aromatic N) is 4. The van der Waals surface area contributed by atoms with Crippen molar-refractivity contribution in [1.29, 1.82) is 5.26 Å². The SMILES string of the molecule is CC(F)(F)c1ccc(-c2nccc(-c3[nH]cnc3C#N)n2)cc1. The highest BCUT2D eigenvalue weighted by Crippen LogP contribution is 2.28. The third kappa shape index (κ3) is 2.92. The van der Waals surface area contributed by atoms with E-state index in [9.17, 15) is 8.78 Å². The summed E-state index contributed by atoms with van der Waals surface area (Å²) in [5.41, 5.74) is 1.77. The zero-order valence-corrected chi connectivity index (χ0v) is 12.1. The maximum Gasteiger partial charge on any atom is 0.270 e. The van der Waals surface area contributed by atoms with Crippen molar-refractivity contribution >= 4 is 0 Å². The number of nitrogens with one attached hydrogen (secondary N) is 1. The Morgan fingerprint density at radius 2 is 1.87 bits per heavy atom. The van der Waals surface area contributed by atoms with Crippen molar-refractivity contribution in [1.82, 2.24) is 19.9 Å². The number of benzene rings is 1. The van der Waals surface area contributed by atoms with Crippen molar-refractivity contribution in [3.63, 3.8) is 0 Å². The molecule has 0 radical (unpaired) electrons. The van der Waals surface area contributed by atoms with Gasteiger partial charge in [-0.2, -0.15) is 5.26 Å². The van der Waals surface area contributed by atoms with Crippen LogP contribution in [0.4, 0.5) is 8.78 Å². The maximum absolute atomic E-state index is 13.2. The van der Waals surface area contributed by atoms with Crippen LogP contribution in [0.15, 0.2) is 42.9 Å². The van der Waals surface area contributed by atoms with Gasteiger partial charge < -0.3 is 4.98 Å². The lowest BCUT2D eigenvalue weighted by Gasteiger charge is -2.10. The second-order valence-corrected chi connectivity index (χ2v) is 4.97. The van der Waals surface area contributed by atoms with Gasteiger partial charge in [0.2, 0.25) is 0 Å². The Bertz CT molecular complexity index is 872. The van der Waals surface area contributed by atoms with Gasteiger partial charge in [0.05, 0.1) is 12.0 Å². The van der Waals surface area contributed by atoms with E-state index in [1.165, 1.54) is 18.5 Å². The normalized spacial score (nSPS) is 11.2. The molecule has 0 fully saturated rings. The summed E-state index contributed by atoms with van der Waals surface area (Å²) in [5.74, 6) is -2.51. The highest BCUT2D eigenvalue weighted by Gasteiger charge is 2.23. The van der Waals surface area contributed by atoms with Crippen molar-refractivity contribution in [2.24, 2.45) is 0 Å². The molecular weight excluding hydrogens is 300 g/mol. The number of halogens is 2. The molecule has 3 aromatic rings. The molecule has 0 saturated carbocycles. The number of H-pyrrole nitrogens is 1. The van der Waals surface area contributed by atoms with Gasteiger partial charge in [-0.05, 0) is 6.07 Å². The molecule has 1 N–H and O–H groups in total. The van der Waals surface area contributed by atoms with Crippen molar-refractivity contribution < 1.29 is 8.78 Å². The van der Waals surface area contributed by atoms with Crippen LogP contribution >= 0.6 is 0 Å². The van der Waals surface area contributed by atoms with Crippen molar-refractivity contribution in [3.8, 4) is 28.8 Å². The molecule has 0 aliphatic heterocycles. The van der Waals surface area contributed by atoms with Gasteiger partial charge in [0.1, 0.15) is 11.8 Å². The molecule has 0 spiro atoms. The number of aromatic amines is 1. The number of hydrogen-bond donors (Lipinski definition) is 1. The zero-order valence-electron chi connectivity index (χ0n) is 12.1. The lowest BCUT2D eigenvalue weighted by atomic mass is 10.1. The quantitative estimate of drug-likeness (QED) is 0.802. The Balaban J connectivity index is 1.99. The van der Waals surface area contributed by atoms with Crippen LogP contribution in [0.3, 0.4) is 0 Å². The number of hydrogen-bond acceptors (Lipinski definition) is 4. The first kappa shape index (κ1) is 14.8. The van der Waals surface area contributed by atoms with E-state index in [0.717, 1.165) is 6.92 Å². The third-order valence-corrected chi connectivity index (χ3v) is 3.31. The fourth-order valence-electron chi connectivity index (χ4n) is 2.12. The minimum Gasteiger partial charge on any atom is -0.342 e. The van der Waals surface area contributed by atoms with E-state index in [-0.39, 0.29) is 11.3 Å². The molecule has 5 nitrogen and oxygen atoms in total. The predicted octanol–water partition coefficient (Wildman–Crippen LogP) is 3.52. The molecule has 23 heavy (non-hydrogen) atoms. The molecule has 0 bridgehead atoms. The Morgan fingerprint density at radius 3 is 2.52 bits per heavy atom. The maximum atomic E-state index is 13.2. The van der Waals surface area contributed by atoms with Gasteiger partial charge in [0.15, 0.2) is 11.5 Å². The highest BCUT2D eigenvalue weighted by atomic mass is 19.3. The van der Waals surface area contributed by atoms with Crippen LogP contribution in [0.1, 0.15) is 18.2 Å². The molecule has 0 amide bonds. The monoisotopic (exact) mass is 311 g/mol. The average molecular weight is 311 g/mol. The van der Waals surface area contributed by atoms with Crippen LogP contribution in [0.2, 0.25) is 0 Å². The van der Waals surface area contributed by atoms with E-state index in [1.54, 1.807) is 24.4 Å². The first-order valence-corrected chi connectivity index (χ1v) is 6.74. The first-order chi connectivity index (χ1) is 11.0. The van der Waals surface area contributed by atoms with Crippen molar-refractivity contribution in [2.75, 3.05) is 0 Å². The van der Waals surface area contributed by atoms with E-state index in [1.807, 2.05) is 6.07 Å². The smallest absolute Gasteiger partial charge is 0.270 e. The molecule has 3 rings (SSSR count). The number of imidazole rings is 1. The molecule has 0 aliphatic rings. The van der Waals surface area contributed by atoms with Gasteiger partial charge in [-0.25, -0.2) is 23.7 Å². The van der Waals surface area contributed by atoms with Gasteiger partial charge in [-0.3, -0.25) is 0 Å². The lowest BCUT2D eigenvalue weighted by Crippen LogP contribution is -2.06. The largest absolute Gasteiger partial charge is 0.342 e. The summed E-state index contributed by atoms with van der Waals surface area (Å²) in [6, 6.07) is 9.41. The van der Waals surface area contributed by atoms with Crippen LogP contribution in [0.5, 0.6) is 0 Å². The summed E-state index contributed by atoms with van der Waals surface area (Å²) >= 11 is 0. The van der Waals surface area contributed by atoms with Gasteiger partial charge >= 0.3 is 0 Å². The summed E-state index contributed by atoms with van der Waals surface area (Å²) in [7, 11) is 0. The summed E-state index contributed by atoms with van der Waals surface area (Å²) in [5, 5.41) is 9.01. The summed E-state index contributed by atoms with van der Waals surface area (Å²) < 4.78 is 26.5. The summed E-state index contributed by atoms with van der Waals surface area (Å²) in [4.78, 5) is 15.3. The molecule has 7 heteroatoms. The van der Waals surface area contributed by atoms with Crippen LogP contribution in [0, 0.1) is 11.3 Å². The fraction of sp³-hybridized carbons (Fsp3) is 0.125. The molecule has 0 unspecified atom stereocenters. The van der Waals surface area contributed by atoms with Crippen molar-refractivity contribution in [2.45, 2.75) is 12.8 Å². The number of alkyl halides is 2. The van der Waals surface area contributed by atoms with E-state index in [2.05, 4.69) is 19.9 Å². The highest BCUT2D eigenvalue weighted by molar-refractivity contribution is 5.64. The topological polar surface area (TPSA) is 78.2 Å². The van der Waals surface area contributed by atoms with Crippen LogP contribution in [-0.4, -0.2) is 19.9 Å². The minimum absolute atomic E-state index is 0.0715. The predicted molar refractivity (Wildman–Crippen MR) is 79.3 cm³/mol. The summed E-state index contributed by atoms with van der Waals surface area (Å²) in [6.07, 6.45) is 2.95. The Hall–Kier alpha value is -3.14. The molecule has 1 aromatic carbocycles. The van der Waals surface area contributed by atoms with Crippen LogP contribution < -0.4 is 0 Å². The van der Waals surface area contributed by atoms with Gasteiger partial charge in [-0.15, -0.1) is 0 Å². The lowest BCUT2D eigenvalue weighted by molar-refractivity contribution is 0.0175. The second kappa shape index (κ2) is 5.57. The molecule has 0 atom stereocenters. The van der Waals surface area contributed by atoms with Crippen LogP contribution in [0.25, 0.3) is 22.8 Å². The Morgan fingerprint density at radius 1 is 1.13 bits per heavy atom. The van der Waals surface area contributed by atoms with E-state index >= 15 is 0 Å². The van der Waals surface area contributed by atoms with Crippen molar-refractivity contribution in [3.05, 3.63) is 54.1 Å². The third-order valence-electron chi connectivity index (χ3n) is 3.31. The average Bonchev–Trinajstić information content (AvgIpc) is 3.03. The molecule has 114 valence electrons. The minimum atomic E-state index is -2.89. The number of nitriles is 1. The number of rotatable bonds is 3. The number of aromatic nitrogens is 4. The van der Waals surface area contributed by atoms with E-state index in [4.69, 9.17) is 5.26 Å². The second-order valence-electron chi connectivity index (χ2n) is 4.97. The summed E-state index contributed by atoms with van der Waals surface area (Å²) in [6.45, 7) is 0.848. The van der Waals surface area contributed by atoms with Crippen LogP contribution in [-0.2, 0) is 5.92 Å². The Labute approximate surface area is 130 Å². The standard InChI is InChI=1S/C16H11F2N5/c1-16(17,18)11-4-2-10(3-5-11)15-20-7-6-12(23-15)14-13(8-19)21-9-22-14/h2-7,9H,1H3,(H,21,22). The molecule has 2 aromatic heterocycles. The molecular formula is C16H11F2N5. The van der Waals surface area contributed by atoms with E-state index < -0.39 is 5.92 Å². The van der Waals surface area contributed by atoms with E-state index in [0.29, 0.717) is 22.8 Å². The molecule has 0 saturated heterocycles. The van der Waals surface area contributed by atoms with Gasteiger partial charge in [-0.1, -0.05) is 24.3 Å². The Kier molecular flexibility index (Phi) is 3.58. The molecule has 0 aliphatic carbocycles. The first-order valence-electron chi connectivity index (χ1n) is 6.74.